The third-order valence-electron chi connectivity index (χ3n) is 2.49. The lowest BCUT2D eigenvalue weighted by atomic mass is 9.87. The molecular formula is C10H12N2O. The van der Waals surface area contributed by atoms with Gasteiger partial charge in [-0.05, 0) is 30.9 Å². The van der Waals surface area contributed by atoms with Gasteiger partial charge in [-0.2, -0.15) is 0 Å². The molecule has 3 nitrogen and oxygen atoms in total. The van der Waals surface area contributed by atoms with Gasteiger partial charge in [-0.15, -0.1) is 5.16 Å². The normalized spacial score (nSPS) is 21.7. The van der Waals surface area contributed by atoms with E-state index < -0.39 is 0 Å². The first kappa shape index (κ1) is 8.23. The van der Waals surface area contributed by atoms with E-state index in [0.29, 0.717) is 0 Å². The quantitative estimate of drug-likeness (QED) is 0.404. The summed E-state index contributed by atoms with van der Waals surface area (Å²) in [6, 6.07) is 4.05. The summed E-state index contributed by atoms with van der Waals surface area (Å²) in [6.45, 7) is 0. The molecule has 13 heavy (non-hydrogen) atoms. The number of aromatic nitrogens is 1. The Labute approximate surface area is 77.1 Å². The molecule has 0 saturated carbocycles. The SMILES string of the molecule is ON=CC1CCCc2cccnc21. The second-order valence-corrected chi connectivity index (χ2v) is 3.31. The van der Waals surface area contributed by atoms with Crippen molar-refractivity contribution >= 4 is 6.21 Å². The summed E-state index contributed by atoms with van der Waals surface area (Å²) < 4.78 is 0. The largest absolute Gasteiger partial charge is 0.411 e. The van der Waals surface area contributed by atoms with E-state index in [0.717, 1.165) is 25.0 Å². The van der Waals surface area contributed by atoms with E-state index >= 15 is 0 Å². The first-order chi connectivity index (χ1) is 6.42. The number of rotatable bonds is 1. The van der Waals surface area contributed by atoms with Crippen LogP contribution in [0.4, 0.5) is 0 Å². The van der Waals surface area contributed by atoms with Crippen molar-refractivity contribution in [3.63, 3.8) is 0 Å². The molecule has 0 bridgehead atoms. The third-order valence-corrected chi connectivity index (χ3v) is 2.49. The van der Waals surface area contributed by atoms with Gasteiger partial charge in [0, 0.05) is 12.1 Å². The Morgan fingerprint density at radius 3 is 3.38 bits per heavy atom. The van der Waals surface area contributed by atoms with Crippen molar-refractivity contribution in [3.05, 3.63) is 29.6 Å². The average molecular weight is 176 g/mol. The molecule has 1 aliphatic rings. The van der Waals surface area contributed by atoms with Gasteiger partial charge in [-0.25, -0.2) is 0 Å². The number of aryl methyl sites for hydroxylation is 1. The highest BCUT2D eigenvalue weighted by Crippen LogP contribution is 2.27. The van der Waals surface area contributed by atoms with Crippen LogP contribution in [0.5, 0.6) is 0 Å². The first-order valence-corrected chi connectivity index (χ1v) is 4.53. The standard InChI is InChI=1S/C10H12N2O/c13-12-7-9-4-1-3-8-5-2-6-11-10(8)9/h2,5-7,9,13H,1,3-4H2. The minimum atomic E-state index is 0.204. The molecule has 1 N–H and O–H groups in total. The van der Waals surface area contributed by atoms with E-state index in [1.54, 1.807) is 12.4 Å². The molecule has 2 rings (SSSR count). The molecule has 0 aromatic carbocycles. The van der Waals surface area contributed by atoms with Crippen LogP contribution in [0.3, 0.4) is 0 Å². The molecule has 1 heterocycles. The van der Waals surface area contributed by atoms with Crippen LogP contribution >= 0.6 is 0 Å². The molecular weight excluding hydrogens is 164 g/mol. The zero-order chi connectivity index (χ0) is 9.10. The van der Waals surface area contributed by atoms with Crippen LogP contribution in [0.1, 0.15) is 30.0 Å². The molecule has 1 aromatic rings. The molecule has 0 amide bonds. The van der Waals surface area contributed by atoms with Crippen molar-refractivity contribution in [2.75, 3.05) is 0 Å². The Kier molecular flexibility index (Phi) is 2.25. The van der Waals surface area contributed by atoms with Gasteiger partial charge in [0.1, 0.15) is 0 Å². The topological polar surface area (TPSA) is 45.5 Å². The van der Waals surface area contributed by atoms with E-state index in [4.69, 9.17) is 5.21 Å². The molecule has 0 fully saturated rings. The van der Waals surface area contributed by atoms with Crippen molar-refractivity contribution in [1.82, 2.24) is 4.98 Å². The predicted molar refractivity (Wildman–Crippen MR) is 50.2 cm³/mol. The lowest BCUT2D eigenvalue weighted by molar-refractivity contribution is 0.319. The highest BCUT2D eigenvalue weighted by atomic mass is 16.4. The van der Waals surface area contributed by atoms with E-state index in [1.807, 2.05) is 6.07 Å². The van der Waals surface area contributed by atoms with Gasteiger partial charge in [-0.3, -0.25) is 4.98 Å². The highest BCUT2D eigenvalue weighted by molar-refractivity contribution is 5.67. The maximum Gasteiger partial charge on any atom is 0.0526 e. The summed E-state index contributed by atoms with van der Waals surface area (Å²) >= 11 is 0. The van der Waals surface area contributed by atoms with Gasteiger partial charge in [-0.1, -0.05) is 6.07 Å². The van der Waals surface area contributed by atoms with E-state index in [1.165, 1.54) is 5.56 Å². The third kappa shape index (κ3) is 1.54. The van der Waals surface area contributed by atoms with Gasteiger partial charge < -0.3 is 5.21 Å². The van der Waals surface area contributed by atoms with Crippen LogP contribution in [-0.2, 0) is 6.42 Å². The summed E-state index contributed by atoms with van der Waals surface area (Å²) in [5, 5.41) is 11.6. The van der Waals surface area contributed by atoms with Gasteiger partial charge in [0.05, 0.1) is 11.9 Å². The summed E-state index contributed by atoms with van der Waals surface area (Å²) in [6.07, 6.45) is 6.65. The summed E-state index contributed by atoms with van der Waals surface area (Å²) in [5.41, 5.74) is 2.37. The number of fused-ring (bicyclic) bond motifs is 1. The Balaban J connectivity index is 2.36. The van der Waals surface area contributed by atoms with E-state index in [-0.39, 0.29) is 5.92 Å². The minimum absolute atomic E-state index is 0.204. The van der Waals surface area contributed by atoms with Gasteiger partial charge in [0.25, 0.3) is 0 Å². The fourth-order valence-electron chi connectivity index (χ4n) is 1.87. The van der Waals surface area contributed by atoms with Crippen molar-refractivity contribution < 1.29 is 5.21 Å². The van der Waals surface area contributed by atoms with Crippen molar-refractivity contribution in [3.8, 4) is 0 Å². The Morgan fingerprint density at radius 2 is 2.54 bits per heavy atom. The van der Waals surface area contributed by atoms with Gasteiger partial charge in [0.15, 0.2) is 0 Å². The number of oxime groups is 1. The maximum absolute atomic E-state index is 8.49. The smallest absolute Gasteiger partial charge is 0.0526 e. The Bertz CT molecular complexity index is 322. The molecule has 1 atom stereocenters. The molecule has 0 aliphatic heterocycles. The highest BCUT2D eigenvalue weighted by Gasteiger charge is 2.19. The fourth-order valence-corrected chi connectivity index (χ4v) is 1.87. The molecule has 0 spiro atoms. The minimum Gasteiger partial charge on any atom is -0.411 e. The fraction of sp³-hybridized carbons (Fsp3) is 0.400. The average Bonchev–Trinajstić information content (AvgIpc) is 2.19. The maximum atomic E-state index is 8.49. The Hall–Kier alpha value is -1.38. The van der Waals surface area contributed by atoms with E-state index in [2.05, 4.69) is 16.2 Å². The number of nitrogens with zero attached hydrogens (tertiary/aromatic N) is 2. The summed E-state index contributed by atoms with van der Waals surface area (Å²) in [7, 11) is 0. The van der Waals surface area contributed by atoms with E-state index in [9.17, 15) is 0 Å². The molecule has 0 saturated heterocycles. The Morgan fingerprint density at radius 1 is 1.62 bits per heavy atom. The number of hydrogen-bond acceptors (Lipinski definition) is 3. The molecule has 1 unspecified atom stereocenters. The predicted octanol–water partition coefficient (Wildman–Crippen LogP) is 1.96. The molecule has 3 heteroatoms. The van der Waals surface area contributed by atoms with Gasteiger partial charge in [0.2, 0.25) is 0 Å². The first-order valence-electron chi connectivity index (χ1n) is 4.53. The molecule has 1 aliphatic carbocycles. The lowest BCUT2D eigenvalue weighted by Crippen LogP contribution is -2.12. The van der Waals surface area contributed by atoms with Crippen LogP contribution in [0.15, 0.2) is 23.5 Å². The van der Waals surface area contributed by atoms with Crippen LogP contribution < -0.4 is 0 Å². The number of hydrogen-bond donors (Lipinski definition) is 1. The van der Waals surface area contributed by atoms with Crippen molar-refractivity contribution in [2.24, 2.45) is 5.16 Å². The zero-order valence-electron chi connectivity index (χ0n) is 7.35. The van der Waals surface area contributed by atoms with Crippen LogP contribution in [0.2, 0.25) is 0 Å². The zero-order valence-corrected chi connectivity index (χ0v) is 7.35. The number of pyridine rings is 1. The molecule has 0 radical (unpaired) electrons. The second-order valence-electron chi connectivity index (χ2n) is 3.31. The molecule has 1 aromatic heterocycles. The van der Waals surface area contributed by atoms with Crippen LogP contribution in [0, 0.1) is 0 Å². The van der Waals surface area contributed by atoms with Crippen LogP contribution in [-0.4, -0.2) is 16.4 Å². The monoisotopic (exact) mass is 176 g/mol. The van der Waals surface area contributed by atoms with Gasteiger partial charge >= 0.3 is 0 Å². The lowest BCUT2D eigenvalue weighted by Gasteiger charge is -2.20. The van der Waals surface area contributed by atoms with Crippen molar-refractivity contribution in [2.45, 2.75) is 25.2 Å². The molecule has 68 valence electrons. The van der Waals surface area contributed by atoms with Crippen molar-refractivity contribution in [1.29, 1.82) is 0 Å². The summed E-state index contributed by atoms with van der Waals surface area (Å²) in [5.74, 6) is 0.204. The van der Waals surface area contributed by atoms with Crippen LogP contribution in [0.25, 0.3) is 0 Å². The summed E-state index contributed by atoms with van der Waals surface area (Å²) in [4.78, 5) is 4.32. The second kappa shape index (κ2) is 3.56.